The lowest BCUT2D eigenvalue weighted by atomic mass is 10.1. The second-order valence-electron chi connectivity index (χ2n) is 3.90. The van der Waals surface area contributed by atoms with Crippen molar-refractivity contribution in [2.24, 2.45) is 0 Å². The highest BCUT2D eigenvalue weighted by Gasteiger charge is 2.38. The van der Waals surface area contributed by atoms with E-state index >= 15 is 0 Å². The monoisotopic (exact) mass is 253 g/mol. The zero-order valence-electron chi connectivity index (χ0n) is 10.7. The fraction of sp³-hybridized carbons (Fsp3) is 0.417. The maximum atomic E-state index is 12.0. The maximum Gasteiger partial charge on any atom is 0.256 e. The van der Waals surface area contributed by atoms with E-state index in [4.69, 9.17) is 14.2 Å². The van der Waals surface area contributed by atoms with Gasteiger partial charge in [-0.1, -0.05) is 0 Å². The molecule has 0 saturated carbocycles. The summed E-state index contributed by atoms with van der Waals surface area (Å²) in [5.41, 5.74) is 0.766. The third-order valence-electron chi connectivity index (χ3n) is 3.04. The van der Waals surface area contributed by atoms with Gasteiger partial charge in [0.25, 0.3) is 5.91 Å². The van der Waals surface area contributed by atoms with Crippen LogP contribution in [-0.2, 0) is 0 Å². The van der Waals surface area contributed by atoms with Gasteiger partial charge in [0.05, 0.1) is 32.5 Å². The predicted octanol–water partition coefficient (Wildman–Crippen LogP) is 0.789. The fourth-order valence-electron chi connectivity index (χ4n) is 2.11. The topological polar surface area (TPSA) is 68.2 Å². The highest BCUT2D eigenvalue weighted by atomic mass is 16.5. The number of methoxy groups -OCH3 is 3. The molecule has 1 unspecified atom stereocenters. The Hall–Kier alpha value is -1.95. The first-order valence-electron chi connectivity index (χ1n) is 5.34. The molecule has 18 heavy (non-hydrogen) atoms. The number of carbonyl (C=O) groups is 1. The number of carbonyl (C=O) groups excluding carboxylic acids is 1. The lowest BCUT2D eigenvalue weighted by Crippen LogP contribution is -2.22. The molecule has 1 aliphatic rings. The first-order valence-corrected chi connectivity index (χ1v) is 5.34. The quantitative estimate of drug-likeness (QED) is 0.862. The minimum absolute atomic E-state index is 0.281. The second kappa shape index (κ2) is 4.38. The zero-order valence-corrected chi connectivity index (χ0v) is 10.7. The second-order valence-corrected chi connectivity index (χ2v) is 3.90. The lowest BCUT2D eigenvalue weighted by Gasteiger charge is -2.17. The molecule has 1 atom stereocenters. The molecule has 0 radical (unpaired) electrons. The third-order valence-corrected chi connectivity index (χ3v) is 3.04. The number of fused-ring (bicyclic) bond motifs is 1. The Bertz CT molecular complexity index is 500. The van der Waals surface area contributed by atoms with Gasteiger partial charge in [-0.3, -0.25) is 4.79 Å². The summed E-state index contributed by atoms with van der Waals surface area (Å²) in [6.07, 6.45) is -1.04. The largest absolute Gasteiger partial charge is 0.493 e. The van der Waals surface area contributed by atoms with Crippen LogP contribution in [0.2, 0.25) is 0 Å². The molecule has 0 aliphatic carbocycles. The molecular formula is C12H15NO5. The summed E-state index contributed by atoms with van der Waals surface area (Å²) >= 11 is 0. The van der Waals surface area contributed by atoms with Gasteiger partial charge in [-0.05, 0) is 6.07 Å². The number of nitrogens with zero attached hydrogens (tertiary/aromatic N) is 1. The summed E-state index contributed by atoms with van der Waals surface area (Å²) in [6.45, 7) is 0. The van der Waals surface area contributed by atoms with Crippen molar-refractivity contribution in [3.63, 3.8) is 0 Å². The van der Waals surface area contributed by atoms with Gasteiger partial charge in [-0.2, -0.15) is 0 Å². The third kappa shape index (κ3) is 1.49. The molecule has 2 rings (SSSR count). The van der Waals surface area contributed by atoms with Gasteiger partial charge in [0.1, 0.15) is 0 Å². The van der Waals surface area contributed by atoms with Crippen molar-refractivity contribution in [3.8, 4) is 17.2 Å². The highest BCUT2D eigenvalue weighted by molar-refractivity contribution is 6.00. The van der Waals surface area contributed by atoms with E-state index in [1.165, 1.54) is 33.3 Å². The number of rotatable bonds is 3. The van der Waals surface area contributed by atoms with E-state index in [-0.39, 0.29) is 5.91 Å². The van der Waals surface area contributed by atoms with Crippen molar-refractivity contribution in [2.75, 3.05) is 28.4 Å². The molecule has 0 aromatic heterocycles. The lowest BCUT2D eigenvalue weighted by molar-refractivity contribution is 0.0292. The molecule has 1 aliphatic heterocycles. The maximum absolute atomic E-state index is 12.0. The highest BCUT2D eigenvalue weighted by Crippen LogP contribution is 2.47. The Balaban J connectivity index is 2.75. The van der Waals surface area contributed by atoms with Crippen LogP contribution < -0.4 is 14.2 Å². The van der Waals surface area contributed by atoms with E-state index in [0.29, 0.717) is 28.4 Å². The number of amides is 1. The standard InChI is InChI=1S/C12H15NO5/c1-13-11(14)6-5-7(16-2)9(17-3)10(18-4)8(6)12(13)15/h5,12,15H,1-4H3. The summed E-state index contributed by atoms with van der Waals surface area (Å²) in [4.78, 5) is 13.2. The van der Waals surface area contributed by atoms with E-state index in [0.717, 1.165) is 0 Å². The van der Waals surface area contributed by atoms with Gasteiger partial charge >= 0.3 is 0 Å². The van der Waals surface area contributed by atoms with E-state index in [1.807, 2.05) is 0 Å². The Morgan fingerprint density at radius 2 is 1.78 bits per heavy atom. The Morgan fingerprint density at radius 3 is 2.28 bits per heavy atom. The molecule has 1 heterocycles. The molecule has 6 heteroatoms. The number of hydrogen-bond acceptors (Lipinski definition) is 5. The molecule has 1 aromatic rings. The van der Waals surface area contributed by atoms with Crippen LogP contribution in [0.4, 0.5) is 0 Å². The molecule has 0 spiro atoms. The van der Waals surface area contributed by atoms with E-state index in [2.05, 4.69) is 0 Å². The molecule has 1 aromatic carbocycles. The molecule has 0 bridgehead atoms. The smallest absolute Gasteiger partial charge is 0.256 e. The number of ether oxygens (including phenoxy) is 3. The number of benzene rings is 1. The van der Waals surface area contributed by atoms with Crippen molar-refractivity contribution < 1.29 is 24.1 Å². The Labute approximate surface area is 105 Å². The van der Waals surface area contributed by atoms with Gasteiger partial charge in [-0.15, -0.1) is 0 Å². The van der Waals surface area contributed by atoms with Crippen molar-refractivity contribution in [1.29, 1.82) is 0 Å². The van der Waals surface area contributed by atoms with Crippen molar-refractivity contribution in [2.45, 2.75) is 6.23 Å². The van der Waals surface area contributed by atoms with Gasteiger partial charge in [-0.25, -0.2) is 0 Å². The number of hydrogen-bond donors (Lipinski definition) is 1. The molecule has 0 saturated heterocycles. The SMILES string of the molecule is COc1cc2c(c(OC)c1OC)C(O)N(C)C2=O. The van der Waals surface area contributed by atoms with Crippen LogP contribution in [0, 0.1) is 0 Å². The van der Waals surface area contributed by atoms with Gasteiger partial charge < -0.3 is 24.2 Å². The van der Waals surface area contributed by atoms with Crippen LogP contribution in [0.5, 0.6) is 17.2 Å². The fourth-order valence-corrected chi connectivity index (χ4v) is 2.11. The van der Waals surface area contributed by atoms with Gasteiger partial charge in [0.2, 0.25) is 5.75 Å². The van der Waals surface area contributed by atoms with Gasteiger partial charge in [0, 0.05) is 7.05 Å². The van der Waals surface area contributed by atoms with Crippen molar-refractivity contribution in [1.82, 2.24) is 4.90 Å². The summed E-state index contributed by atoms with van der Waals surface area (Å²) in [6, 6.07) is 1.55. The van der Waals surface area contributed by atoms with Crippen LogP contribution >= 0.6 is 0 Å². The average molecular weight is 253 g/mol. The zero-order chi connectivity index (χ0) is 13.4. The van der Waals surface area contributed by atoms with E-state index in [1.54, 1.807) is 6.07 Å². The summed E-state index contributed by atoms with van der Waals surface area (Å²) < 4.78 is 15.6. The van der Waals surface area contributed by atoms with Crippen LogP contribution in [0.25, 0.3) is 0 Å². The summed E-state index contributed by atoms with van der Waals surface area (Å²) in [5, 5.41) is 10.0. The first-order chi connectivity index (χ1) is 8.56. The summed E-state index contributed by atoms with van der Waals surface area (Å²) in [5.74, 6) is 0.790. The normalized spacial score (nSPS) is 17.7. The first kappa shape index (κ1) is 12.5. The number of aliphatic hydroxyl groups is 1. The summed E-state index contributed by atoms with van der Waals surface area (Å²) in [7, 11) is 5.92. The van der Waals surface area contributed by atoms with Crippen molar-refractivity contribution in [3.05, 3.63) is 17.2 Å². The minimum atomic E-state index is -1.04. The Kier molecular flexibility index (Phi) is 3.04. The molecule has 1 amide bonds. The molecule has 6 nitrogen and oxygen atoms in total. The van der Waals surface area contributed by atoms with Gasteiger partial charge in [0.15, 0.2) is 17.7 Å². The molecule has 98 valence electrons. The average Bonchev–Trinajstić information content (AvgIpc) is 2.61. The van der Waals surface area contributed by atoms with E-state index in [9.17, 15) is 9.90 Å². The number of aliphatic hydroxyl groups excluding tert-OH is 1. The minimum Gasteiger partial charge on any atom is -0.493 e. The van der Waals surface area contributed by atoms with Crippen LogP contribution in [-0.4, -0.2) is 44.3 Å². The van der Waals surface area contributed by atoms with Crippen molar-refractivity contribution >= 4 is 5.91 Å². The van der Waals surface area contributed by atoms with Crippen LogP contribution in [0.1, 0.15) is 22.1 Å². The van der Waals surface area contributed by atoms with Crippen LogP contribution in [0.15, 0.2) is 6.07 Å². The molecule has 0 fully saturated rings. The molecule has 1 N–H and O–H groups in total. The predicted molar refractivity (Wildman–Crippen MR) is 63.2 cm³/mol. The van der Waals surface area contributed by atoms with E-state index < -0.39 is 6.23 Å². The molecular weight excluding hydrogens is 238 g/mol. The Morgan fingerprint density at radius 1 is 1.17 bits per heavy atom. The van der Waals surface area contributed by atoms with Crippen LogP contribution in [0.3, 0.4) is 0 Å².